The molecule has 0 amide bonds. The highest BCUT2D eigenvalue weighted by atomic mass is 35.5. The molecular weight excluding hydrogens is 322 g/mol. The lowest BCUT2D eigenvalue weighted by Crippen LogP contribution is -2.27. The summed E-state index contributed by atoms with van der Waals surface area (Å²) in [5, 5.41) is 4.65. The van der Waals surface area contributed by atoms with Crippen molar-refractivity contribution >= 4 is 21.6 Å². The monoisotopic (exact) mass is 341 g/mol. The molecule has 1 aromatic heterocycles. The minimum atomic E-state index is -3.63. The van der Waals surface area contributed by atoms with Crippen molar-refractivity contribution in [3.8, 4) is 0 Å². The predicted molar refractivity (Wildman–Crippen MR) is 87.5 cm³/mol. The first-order chi connectivity index (χ1) is 10.3. The molecule has 1 heterocycles. The third kappa shape index (κ3) is 3.04. The Bertz CT molecular complexity index is 784. The maximum absolute atomic E-state index is 12.7. The Morgan fingerprint density at radius 1 is 1.27 bits per heavy atom. The zero-order valence-corrected chi connectivity index (χ0v) is 14.7. The Balaban J connectivity index is 2.35. The summed E-state index contributed by atoms with van der Waals surface area (Å²) in [7, 11) is -2.08. The number of halogens is 1. The molecule has 22 heavy (non-hydrogen) atoms. The fourth-order valence-corrected chi connectivity index (χ4v) is 4.03. The van der Waals surface area contributed by atoms with Crippen molar-refractivity contribution in [3.63, 3.8) is 0 Å². The van der Waals surface area contributed by atoms with E-state index in [9.17, 15) is 8.42 Å². The van der Waals surface area contributed by atoms with Gasteiger partial charge in [0, 0.05) is 31.4 Å². The van der Waals surface area contributed by atoms with Crippen molar-refractivity contribution in [2.24, 2.45) is 0 Å². The van der Waals surface area contributed by atoms with E-state index in [1.165, 1.54) is 10.4 Å². The van der Waals surface area contributed by atoms with Crippen LogP contribution < -0.4 is 0 Å². The zero-order chi connectivity index (χ0) is 16.5. The van der Waals surface area contributed by atoms with E-state index < -0.39 is 10.0 Å². The van der Waals surface area contributed by atoms with Crippen LogP contribution >= 0.6 is 11.6 Å². The van der Waals surface area contributed by atoms with Gasteiger partial charge in [0.2, 0.25) is 10.0 Å². The number of aryl methyl sites for hydroxylation is 2. The van der Waals surface area contributed by atoms with Gasteiger partial charge in [0.15, 0.2) is 0 Å². The zero-order valence-electron chi connectivity index (χ0n) is 13.2. The smallest absolute Gasteiger partial charge is 0.244 e. The highest BCUT2D eigenvalue weighted by Gasteiger charge is 2.25. The first-order valence-corrected chi connectivity index (χ1v) is 8.84. The first-order valence-electron chi connectivity index (χ1n) is 7.02. The second kappa shape index (κ2) is 6.40. The van der Waals surface area contributed by atoms with Crippen LogP contribution in [-0.4, -0.2) is 29.6 Å². The number of sulfonamides is 1. The molecule has 0 saturated carbocycles. The van der Waals surface area contributed by atoms with Gasteiger partial charge in [-0.1, -0.05) is 23.7 Å². The number of nitrogens with zero attached hydrogens (tertiary/aromatic N) is 3. The van der Waals surface area contributed by atoms with Gasteiger partial charge in [0.25, 0.3) is 0 Å². The molecule has 0 spiro atoms. The van der Waals surface area contributed by atoms with Gasteiger partial charge in [-0.2, -0.15) is 9.40 Å². The lowest BCUT2D eigenvalue weighted by Gasteiger charge is -2.18. The maximum Gasteiger partial charge on any atom is 0.244 e. The van der Waals surface area contributed by atoms with E-state index in [1.807, 2.05) is 25.5 Å². The Hall–Kier alpha value is -1.37. The number of aromatic nitrogens is 2. The summed E-state index contributed by atoms with van der Waals surface area (Å²) < 4.78 is 28.5. The molecule has 0 bridgehead atoms. The molecule has 2 aromatic rings. The Kier molecular flexibility index (Phi) is 4.94. The summed E-state index contributed by atoms with van der Waals surface area (Å²) in [6.07, 6.45) is 0. The van der Waals surface area contributed by atoms with E-state index >= 15 is 0 Å². The van der Waals surface area contributed by atoms with Gasteiger partial charge in [-0.25, -0.2) is 8.42 Å². The predicted octanol–water partition coefficient (Wildman–Crippen LogP) is 2.99. The quantitative estimate of drug-likeness (QED) is 0.840. The van der Waals surface area contributed by atoms with Crippen LogP contribution in [0.4, 0.5) is 0 Å². The molecular formula is C15H20ClN3O2S. The average molecular weight is 342 g/mol. The van der Waals surface area contributed by atoms with Gasteiger partial charge >= 0.3 is 0 Å². The summed E-state index contributed by atoms with van der Waals surface area (Å²) in [5.74, 6) is 0. The molecule has 7 heteroatoms. The van der Waals surface area contributed by atoms with Gasteiger partial charge in [-0.05, 0) is 32.9 Å². The topological polar surface area (TPSA) is 55.2 Å². The van der Waals surface area contributed by atoms with Crippen molar-refractivity contribution in [2.75, 3.05) is 7.05 Å². The molecule has 0 unspecified atom stereocenters. The highest BCUT2D eigenvalue weighted by Crippen LogP contribution is 2.25. The molecule has 0 aliphatic carbocycles. The fourth-order valence-electron chi connectivity index (χ4n) is 2.40. The fraction of sp³-hybridized carbons (Fsp3) is 0.400. The molecule has 5 nitrogen and oxygen atoms in total. The summed E-state index contributed by atoms with van der Waals surface area (Å²) in [6, 6.07) is 6.47. The van der Waals surface area contributed by atoms with E-state index in [1.54, 1.807) is 25.2 Å². The third-order valence-corrected chi connectivity index (χ3v) is 6.04. The third-order valence-electron chi connectivity index (χ3n) is 3.74. The van der Waals surface area contributed by atoms with Gasteiger partial charge in [0.1, 0.15) is 4.90 Å². The molecule has 2 rings (SSSR count). The molecule has 0 N–H and O–H groups in total. The van der Waals surface area contributed by atoms with Crippen molar-refractivity contribution in [2.45, 2.75) is 38.8 Å². The normalized spacial score (nSPS) is 12.1. The second-order valence-corrected chi connectivity index (χ2v) is 7.58. The van der Waals surface area contributed by atoms with Crippen molar-refractivity contribution in [3.05, 3.63) is 46.2 Å². The van der Waals surface area contributed by atoms with E-state index in [0.717, 1.165) is 23.5 Å². The Morgan fingerprint density at radius 3 is 2.45 bits per heavy atom. The molecule has 0 radical (unpaired) electrons. The molecule has 0 saturated heterocycles. The Morgan fingerprint density at radius 2 is 1.91 bits per heavy atom. The lowest BCUT2D eigenvalue weighted by molar-refractivity contribution is 0.465. The van der Waals surface area contributed by atoms with Gasteiger partial charge in [-0.15, -0.1) is 0 Å². The van der Waals surface area contributed by atoms with Crippen LogP contribution in [0.1, 0.15) is 23.9 Å². The van der Waals surface area contributed by atoms with Crippen LogP contribution in [0.3, 0.4) is 0 Å². The van der Waals surface area contributed by atoms with Gasteiger partial charge in [-0.3, -0.25) is 4.68 Å². The maximum atomic E-state index is 12.7. The van der Waals surface area contributed by atoms with Crippen molar-refractivity contribution < 1.29 is 8.42 Å². The SMILES string of the molecule is CCn1nc(C)c(CN(C)S(=O)(=O)c2ccccc2Cl)c1C. The van der Waals surface area contributed by atoms with Crippen LogP contribution in [0.15, 0.2) is 29.2 Å². The molecule has 0 aliphatic rings. The van der Waals surface area contributed by atoms with E-state index in [0.29, 0.717) is 0 Å². The summed E-state index contributed by atoms with van der Waals surface area (Å²) in [4.78, 5) is 0.123. The molecule has 120 valence electrons. The number of benzene rings is 1. The second-order valence-electron chi connectivity index (χ2n) is 5.16. The molecule has 0 fully saturated rings. The highest BCUT2D eigenvalue weighted by molar-refractivity contribution is 7.89. The summed E-state index contributed by atoms with van der Waals surface area (Å²) in [5.41, 5.74) is 2.77. The number of hydrogen-bond acceptors (Lipinski definition) is 3. The van der Waals surface area contributed by atoms with Crippen LogP contribution in [0.5, 0.6) is 0 Å². The molecule has 1 aromatic carbocycles. The van der Waals surface area contributed by atoms with Crippen LogP contribution in [0.2, 0.25) is 5.02 Å². The summed E-state index contributed by atoms with van der Waals surface area (Å²) >= 11 is 6.02. The van der Waals surface area contributed by atoms with Crippen molar-refractivity contribution in [1.29, 1.82) is 0 Å². The molecule has 0 atom stereocenters. The van der Waals surface area contributed by atoms with E-state index in [4.69, 9.17) is 11.6 Å². The van der Waals surface area contributed by atoms with Crippen LogP contribution in [0, 0.1) is 13.8 Å². The lowest BCUT2D eigenvalue weighted by atomic mass is 10.2. The number of hydrogen-bond donors (Lipinski definition) is 0. The van der Waals surface area contributed by atoms with Gasteiger partial charge < -0.3 is 0 Å². The average Bonchev–Trinajstić information content (AvgIpc) is 2.74. The Labute approximate surface area is 136 Å². The van der Waals surface area contributed by atoms with Crippen LogP contribution in [0.25, 0.3) is 0 Å². The minimum Gasteiger partial charge on any atom is -0.270 e. The van der Waals surface area contributed by atoms with E-state index in [2.05, 4.69) is 5.10 Å². The minimum absolute atomic E-state index is 0.123. The first kappa shape index (κ1) is 17.0. The van der Waals surface area contributed by atoms with E-state index in [-0.39, 0.29) is 16.5 Å². The molecule has 0 aliphatic heterocycles. The van der Waals surface area contributed by atoms with Crippen LogP contribution in [-0.2, 0) is 23.1 Å². The van der Waals surface area contributed by atoms with Crippen molar-refractivity contribution in [1.82, 2.24) is 14.1 Å². The van der Waals surface area contributed by atoms with Gasteiger partial charge in [0.05, 0.1) is 10.7 Å². The summed E-state index contributed by atoms with van der Waals surface area (Å²) in [6.45, 7) is 6.88. The largest absolute Gasteiger partial charge is 0.270 e. The standard InChI is InChI=1S/C15H20ClN3O2S/c1-5-19-12(3)13(11(2)17-19)10-18(4)22(20,21)15-9-7-6-8-14(15)16/h6-9H,5,10H2,1-4H3. The number of rotatable bonds is 5.